The van der Waals surface area contributed by atoms with Crippen LogP contribution in [-0.4, -0.2) is 67.2 Å². The Balaban J connectivity index is 1.51. The SMILES string of the molecule is COC(=O)Nc1cc(C(=O)NC(CC(=O)O)c2ccc(F)cc2)ccc1N1CCN(C(=O)c2ccc(C#N)cc2)CC1. The molecule has 3 amide bonds. The van der Waals surface area contributed by atoms with E-state index in [1.807, 2.05) is 11.0 Å². The van der Waals surface area contributed by atoms with Crippen molar-refractivity contribution in [3.8, 4) is 6.07 Å². The van der Waals surface area contributed by atoms with Gasteiger partial charge in [0.15, 0.2) is 0 Å². The molecule has 3 aromatic rings. The number of hydrogen-bond donors (Lipinski definition) is 3. The summed E-state index contributed by atoms with van der Waals surface area (Å²) in [7, 11) is 1.21. The first kappa shape index (κ1) is 29.5. The second kappa shape index (κ2) is 13.3. The highest BCUT2D eigenvalue weighted by Gasteiger charge is 2.25. The molecule has 0 radical (unpaired) electrons. The molecule has 11 nitrogen and oxygen atoms in total. The van der Waals surface area contributed by atoms with Gasteiger partial charge in [0.2, 0.25) is 0 Å². The molecular formula is C30H28FN5O6. The number of nitriles is 1. The van der Waals surface area contributed by atoms with E-state index in [1.54, 1.807) is 41.3 Å². The van der Waals surface area contributed by atoms with Gasteiger partial charge in [-0.05, 0) is 60.2 Å². The summed E-state index contributed by atoms with van der Waals surface area (Å²) in [4.78, 5) is 53.3. The fourth-order valence-corrected chi connectivity index (χ4v) is 4.60. The molecule has 1 aliphatic heterocycles. The van der Waals surface area contributed by atoms with Crippen LogP contribution in [0.3, 0.4) is 0 Å². The number of carbonyl (C=O) groups is 4. The highest BCUT2D eigenvalue weighted by Crippen LogP contribution is 2.29. The van der Waals surface area contributed by atoms with Crippen molar-refractivity contribution in [2.45, 2.75) is 12.5 Å². The number of methoxy groups -OCH3 is 1. The molecule has 1 atom stereocenters. The molecule has 1 unspecified atom stereocenters. The molecule has 0 spiro atoms. The summed E-state index contributed by atoms with van der Waals surface area (Å²) in [5.74, 6) is -2.39. The van der Waals surface area contributed by atoms with Gasteiger partial charge in [0, 0.05) is 37.3 Å². The van der Waals surface area contributed by atoms with E-state index in [1.165, 1.54) is 37.4 Å². The normalized spacial score (nSPS) is 13.5. The Kier molecular flexibility index (Phi) is 9.34. The number of amides is 3. The minimum absolute atomic E-state index is 0.150. The third-order valence-corrected chi connectivity index (χ3v) is 6.81. The third-order valence-electron chi connectivity index (χ3n) is 6.81. The van der Waals surface area contributed by atoms with Crippen LogP contribution in [0.4, 0.5) is 20.6 Å². The zero-order chi connectivity index (χ0) is 30.2. The topological polar surface area (TPSA) is 152 Å². The summed E-state index contributed by atoms with van der Waals surface area (Å²) in [5.41, 5.74) is 2.41. The fraction of sp³-hybridized carbons (Fsp3) is 0.233. The minimum Gasteiger partial charge on any atom is -0.481 e. The molecule has 3 N–H and O–H groups in total. The van der Waals surface area contributed by atoms with Crippen molar-refractivity contribution in [1.82, 2.24) is 10.2 Å². The van der Waals surface area contributed by atoms with Gasteiger partial charge in [0.25, 0.3) is 11.8 Å². The van der Waals surface area contributed by atoms with Gasteiger partial charge in [-0.15, -0.1) is 0 Å². The smallest absolute Gasteiger partial charge is 0.411 e. The standard InChI is InChI=1S/C30H28FN5O6/c1-42-30(41)34-25-16-22(28(39)33-24(17-27(37)38)20-6-9-23(31)10-7-20)8-11-26(25)35-12-14-36(15-13-35)29(40)21-4-2-19(18-32)3-5-21/h2-11,16,24H,12-15,17H2,1H3,(H,33,39)(H,34,41)(H,37,38). The summed E-state index contributed by atoms with van der Waals surface area (Å²) in [6.07, 6.45) is -1.17. The van der Waals surface area contributed by atoms with Crippen LogP contribution in [0, 0.1) is 17.1 Å². The molecule has 3 aromatic carbocycles. The Morgan fingerprint density at radius 1 is 0.976 bits per heavy atom. The number of aliphatic carboxylic acids is 1. The van der Waals surface area contributed by atoms with Gasteiger partial charge in [-0.2, -0.15) is 5.26 Å². The molecule has 1 fully saturated rings. The molecule has 0 aliphatic carbocycles. The highest BCUT2D eigenvalue weighted by molar-refractivity contribution is 5.99. The lowest BCUT2D eigenvalue weighted by Gasteiger charge is -2.37. The van der Waals surface area contributed by atoms with Crippen LogP contribution in [-0.2, 0) is 9.53 Å². The molecular weight excluding hydrogens is 545 g/mol. The average Bonchev–Trinajstić information content (AvgIpc) is 3.00. The maximum absolute atomic E-state index is 13.4. The molecule has 42 heavy (non-hydrogen) atoms. The van der Waals surface area contributed by atoms with E-state index in [4.69, 9.17) is 10.00 Å². The van der Waals surface area contributed by atoms with Gasteiger partial charge in [-0.1, -0.05) is 12.1 Å². The number of nitrogens with zero attached hydrogens (tertiary/aromatic N) is 3. The van der Waals surface area contributed by atoms with E-state index in [2.05, 4.69) is 10.6 Å². The molecule has 0 aromatic heterocycles. The molecule has 1 aliphatic rings. The average molecular weight is 574 g/mol. The van der Waals surface area contributed by atoms with Crippen molar-refractivity contribution in [3.63, 3.8) is 0 Å². The van der Waals surface area contributed by atoms with Crippen LogP contribution in [0.2, 0.25) is 0 Å². The molecule has 0 bridgehead atoms. The van der Waals surface area contributed by atoms with Crippen LogP contribution in [0.15, 0.2) is 66.7 Å². The van der Waals surface area contributed by atoms with Gasteiger partial charge in [0.1, 0.15) is 5.82 Å². The van der Waals surface area contributed by atoms with Gasteiger partial charge < -0.3 is 25.0 Å². The number of anilines is 2. The molecule has 4 rings (SSSR count). The second-order valence-electron chi connectivity index (χ2n) is 9.49. The first-order valence-corrected chi connectivity index (χ1v) is 13.0. The largest absolute Gasteiger partial charge is 0.481 e. The Bertz CT molecular complexity index is 1510. The van der Waals surface area contributed by atoms with E-state index in [9.17, 15) is 28.7 Å². The van der Waals surface area contributed by atoms with E-state index >= 15 is 0 Å². The number of carboxylic acid groups (broad SMARTS) is 1. The Hall–Kier alpha value is -5.44. The number of rotatable bonds is 8. The van der Waals surface area contributed by atoms with Crippen molar-refractivity contribution in [2.75, 3.05) is 43.5 Å². The first-order chi connectivity index (χ1) is 20.2. The zero-order valence-electron chi connectivity index (χ0n) is 22.7. The van der Waals surface area contributed by atoms with Crippen LogP contribution >= 0.6 is 0 Å². The number of ether oxygens (including phenoxy) is 1. The van der Waals surface area contributed by atoms with Crippen molar-refractivity contribution in [2.24, 2.45) is 0 Å². The van der Waals surface area contributed by atoms with Crippen LogP contribution < -0.4 is 15.5 Å². The summed E-state index contributed by atoms with van der Waals surface area (Å²) in [5, 5.41) is 23.6. The van der Waals surface area contributed by atoms with Crippen LogP contribution in [0.5, 0.6) is 0 Å². The van der Waals surface area contributed by atoms with Crippen LogP contribution in [0.1, 0.15) is 44.3 Å². The maximum atomic E-state index is 13.4. The molecule has 12 heteroatoms. The van der Waals surface area contributed by atoms with Crippen molar-refractivity contribution in [3.05, 3.63) is 94.8 Å². The quantitative estimate of drug-likeness (QED) is 0.368. The van der Waals surface area contributed by atoms with Crippen molar-refractivity contribution < 1.29 is 33.4 Å². The lowest BCUT2D eigenvalue weighted by Crippen LogP contribution is -2.49. The molecule has 216 valence electrons. The number of carboxylic acids is 1. The zero-order valence-corrected chi connectivity index (χ0v) is 22.7. The first-order valence-electron chi connectivity index (χ1n) is 13.0. The third kappa shape index (κ3) is 7.19. The Morgan fingerprint density at radius 2 is 1.62 bits per heavy atom. The minimum atomic E-state index is -1.15. The van der Waals surface area contributed by atoms with E-state index in [-0.39, 0.29) is 17.2 Å². The van der Waals surface area contributed by atoms with E-state index < -0.39 is 36.2 Å². The maximum Gasteiger partial charge on any atom is 0.411 e. The van der Waals surface area contributed by atoms with Gasteiger partial charge in [-0.3, -0.25) is 19.7 Å². The summed E-state index contributed by atoms with van der Waals surface area (Å²) in [6, 6.07) is 17.4. The fourth-order valence-electron chi connectivity index (χ4n) is 4.60. The van der Waals surface area contributed by atoms with Gasteiger partial charge >= 0.3 is 12.1 Å². The number of halogens is 1. The van der Waals surface area contributed by atoms with Gasteiger partial charge in [0.05, 0.1) is 42.6 Å². The predicted molar refractivity (Wildman–Crippen MR) is 151 cm³/mol. The van der Waals surface area contributed by atoms with E-state index in [0.717, 1.165) is 0 Å². The summed E-state index contributed by atoms with van der Waals surface area (Å²) in [6.45, 7) is 1.67. The number of hydrogen-bond acceptors (Lipinski definition) is 7. The Morgan fingerprint density at radius 3 is 2.21 bits per heavy atom. The lowest BCUT2D eigenvalue weighted by atomic mass is 10.0. The van der Waals surface area contributed by atoms with Crippen molar-refractivity contribution >= 4 is 35.3 Å². The molecule has 1 heterocycles. The number of nitrogens with one attached hydrogen (secondary N) is 2. The number of benzene rings is 3. The predicted octanol–water partition coefficient (Wildman–Crippen LogP) is 3.78. The van der Waals surface area contributed by atoms with Gasteiger partial charge in [-0.25, -0.2) is 9.18 Å². The molecule has 0 saturated carbocycles. The van der Waals surface area contributed by atoms with E-state index in [0.29, 0.717) is 48.6 Å². The molecule has 1 saturated heterocycles. The monoisotopic (exact) mass is 573 g/mol. The number of carbonyl (C=O) groups excluding carboxylic acids is 3. The lowest BCUT2D eigenvalue weighted by molar-refractivity contribution is -0.137. The second-order valence-corrected chi connectivity index (χ2v) is 9.49. The highest BCUT2D eigenvalue weighted by atomic mass is 19.1. The summed E-state index contributed by atoms with van der Waals surface area (Å²) >= 11 is 0. The number of piperazine rings is 1. The van der Waals surface area contributed by atoms with Crippen molar-refractivity contribution in [1.29, 1.82) is 5.26 Å². The Labute approximate surface area is 241 Å². The summed E-state index contributed by atoms with van der Waals surface area (Å²) < 4.78 is 18.1. The van der Waals surface area contributed by atoms with Crippen LogP contribution in [0.25, 0.3) is 0 Å².